The van der Waals surface area contributed by atoms with Crippen molar-refractivity contribution in [3.63, 3.8) is 0 Å². The highest BCUT2D eigenvalue weighted by molar-refractivity contribution is 5.35. The Labute approximate surface area is 128 Å². The van der Waals surface area contributed by atoms with Gasteiger partial charge in [-0.05, 0) is 40.2 Å². The van der Waals surface area contributed by atoms with Crippen molar-refractivity contribution in [3.8, 4) is 12.3 Å². The van der Waals surface area contributed by atoms with Gasteiger partial charge in [0.2, 0.25) is 0 Å². The molecule has 4 atom stereocenters. The predicted octanol–water partition coefficient (Wildman–Crippen LogP) is 3.27. The smallest absolute Gasteiger partial charge is 0.155 e. The topological polar surface area (TPSA) is 36.9 Å². The lowest BCUT2D eigenvalue weighted by Crippen LogP contribution is -2.35. The molecule has 0 aromatic heterocycles. The summed E-state index contributed by atoms with van der Waals surface area (Å²) in [6.45, 7) is 11.0. The van der Waals surface area contributed by atoms with Gasteiger partial charge >= 0.3 is 0 Å². The van der Waals surface area contributed by atoms with Crippen LogP contribution in [0, 0.1) is 12.3 Å². The van der Waals surface area contributed by atoms with Crippen LogP contribution in [-0.2, 0) is 18.9 Å². The van der Waals surface area contributed by atoms with Gasteiger partial charge in [-0.1, -0.05) is 5.92 Å². The zero-order chi connectivity index (χ0) is 15.8. The number of ether oxygens (including phenoxy) is 4. The van der Waals surface area contributed by atoms with Gasteiger partial charge in [0.1, 0.15) is 0 Å². The van der Waals surface area contributed by atoms with Gasteiger partial charge in [0, 0.05) is 31.6 Å². The van der Waals surface area contributed by atoms with E-state index < -0.39 is 0 Å². The van der Waals surface area contributed by atoms with Crippen LogP contribution in [0.4, 0.5) is 0 Å². The van der Waals surface area contributed by atoms with E-state index in [1.54, 1.807) is 0 Å². The predicted molar refractivity (Wildman–Crippen MR) is 82.7 cm³/mol. The second-order valence-corrected chi connectivity index (χ2v) is 5.17. The highest BCUT2D eigenvalue weighted by Gasteiger charge is 2.30. The Hall–Kier alpha value is -0.860. The Balaban J connectivity index is 2.71. The van der Waals surface area contributed by atoms with Gasteiger partial charge in [0.15, 0.2) is 12.6 Å². The third-order valence-corrected chi connectivity index (χ3v) is 3.58. The van der Waals surface area contributed by atoms with Gasteiger partial charge in [-0.15, -0.1) is 6.42 Å². The lowest BCUT2D eigenvalue weighted by molar-refractivity contribution is -0.185. The molecule has 0 amide bonds. The fourth-order valence-corrected chi connectivity index (χ4v) is 2.57. The van der Waals surface area contributed by atoms with Crippen molar-refractivity contribution in [1.82, 2.24) is 0 Å². The molecule has 4 nitrogen and oxygen atoms in total. The standard InChI is InChI=1S/C17H28O4/c1-7-15-10-16(20-13(5)18-8-2)11-17(12(15)4)21-14(6)19-9-3/h1,13-14,16-17H,8-11H2,2-6H3/t13-,14-,16-,17-/m0/s1. The zero-order valence-electron chi connectivity index (χ0n) is 13.8. The van der Waals surface area contributed by atoms with E-state index in [0.717, 1.165) is 24.0 Å². The maximum absolute atomic E-state index is 5.95. The molecular formula is C17H28O4. The molecular weight excluding hydrogens is 268 g/mol. The van der Waals surface area contributed by atoms with E-state index in [2.05, 4.69) is 5.92 Å². The minimum atomic E-state index is -0.253. The van der Waals surface area contributed by atoms with Crippen molar-refractivity contribution in [2.45, 2.75) is 72.2 Å². The van der Waals surface area contributed by atoms with Crippen LogP contribution in [0.1, 0.15) is 47.5 Å². The molecule has 0 fully saturated rings. The van der Waals surface area contributed by atoms with E-state index in [9.17, 15) is 0 Å². The van der Waals surface area contributed by atoms with Crippen LogP contribution in [-0.4, -0.2) is 38.0 Å². The van der Waals surface area contributed by atoms with Crippen LogP contribution < -0.4 is 0 Å². The molecule has 0 aliphatic heterocycles. The molecule has 0 aromatic carbocycles. The monoisotopic (exact) mass is 296 g/mol. The number of hydrogen-bond donors (Lipinski definition) is 0. The first-order valence-electron chi connectivity index (χ1n) is 7.72. The summed E-state index contributed by atoms with van der Waals surface area (Å²) in [6.07, 6.45) is 6.59. The van der Waals surface area contributed by atoms with Crippen molar-refractivity contribution in [2.75, 3.05) is 13.2 Å². The summed E-state index contributed by atoms with van der Waals surface area (Å²) in [6, 6.07) is 0. The van der Waals surface area contributed by atoms with Crippen LogP contribution >= 0.6 is 0 Å². The summed E-state index contributed by atoms with van der Waals surface area (Å²) < 4.78 is 22.8. The van der Waals surface area contributed by atoms with Crippen molar-refractivity contribution in [1.29, 1.82) is 0 Å². The molecule has 21 heavy (non-hydrogen) atoms. The van der Waals surface area contributed by atoms with E-state index >= 15 is 0 Å². The fourth-order valence-electron chi connectivity index (χ4n) is 2.57. The molecule has 0 saturated heterocycles. The Morgan fingerprint density at radius 2 is 1.71 bits per heavy atom. The van der Waals surface area contributed by atoms with Gasteiger partial charge in [-0.25, -0.2) is 0 Å². The molecule has 0 spiro atoms. The van der Waals surface area contributed by atoms with Crippen LogP contribution in [0.2, 0.25) is 0 Å². The largest absolute Gasteiger partial charge is 0.353 e. The maximum atomic E-state index is 5.95. The van der Waals surface area contributed by atoms with Crippen molar-refractivity contribution in [2.24, 2.45) is 0 Å². The molecule has 120 valence electrons. The molecule has 0 N–H and O–H groups in total. The first-order chi connectivity index (χ1) is 10.0. The highest BCUT2D eigenvalue weighted by atomic mass is 16.7. The molecule has 1 aliphatic rings. The van der Waals surface area contributed by atoms with Gasteiger partial charge in [-0.2, -0.15) is 0 Å². The summed E-state index contributed by atoms with van der Waals surface area (Å²) in [5.41, 5.74) is 2.07. The Morgan fingerprint density at radius 3 is 2.24 bits per heavy atom. The summed E-state index contributed by atoms with van der Waals surface area (Å²) >= 11 is 0. The van der Waals surface area contributed by atoms with Crippen molar-refractivity contribution >= 4 is 0 Å². The second kappa shape index (κ2) is 9.22. The normalized spacial score (nSPS) is 25.5. The van der Waals surface area contributed by atoms with Crippen molar-refractivity contribution < 1.29 is 18.9 Å². The lowest BCUT2D eigenvalue weighted by atomic mass is 9.88. The van der Waals surface area contributed by atoms with Crippen LogP contribution in [0.15, 0.2) is 11.1 Å². The molecule has 0 heterocycles. The van der Waals surface area contributed by atoms with Gasteiger partial charge in [0.25, 0.3) is 0 Å². The van der Waals surface area contributed by atoms with E-state index in [4.69, 9.17) is 25.4 Å². The fraction of sp³-hybridized carbons (Fsp3) is 0.765. The number of terminal acetylenes is 1. The summed E-state index contributed by atoms with van der Waals surface area (Å²) in [5.74, 6) is 2.76. The summed E-state index contributed by atoms with van der Waals surface area (Å²) in [5, 5.41) is 0. The van der Waals surface area contributed by atoms with E-state index in [-0.39, 0.29) is 24.8 Å². The van der Waals surface area contributed by atoms with Gasteiger partial charge in [0.05, 0.1) is 12.2 Å². The molecule has 4 heteroatoms. The van der Waals surface area contributed by atoms with Crippen LogP contribution in [0.3, 0.4) is 0 Å². The van der Waals surface area contributed by atoms with E-state index in [1.165, 1.54) is 0 Å². The average molecular weight is 296 g/mol. The quantitative estimate of drug-likeness (QED) is 0.509. The van der Waals surface area contributed by atoms with Gasteiger partial charge < -0.3 is 18.9 Å². The molecule has 0 saturated carbocycles. The molecule has 1 aliphatic carbocycles. The SMILES string of the molecule is C#CC1=C(C)[C@@H](O[C@@H](C)OCC)C[C@@H](O[C@@H](C)OCC)C1. The summed E-state index contributed by atoms with van der Waals surface area (Å²) in [7, 11) is 0. The first kappa shape index (κ1) is 18.2. The Morgan fingerprint density at radius 1 is 1.14 bits per heavy atom. The first-order valence-corrected chi connectivity index (χ1v) is 7.72. The van der Waals surface area contributed by atoms with Crippen LogP contribution in [0.5, 0.6) is 0 Å². The Bertz CT molecular complexity index is 383. The van der Waals surface area contributed by atoms with Crippen molar-refractivity contribution in [3.05, 3.63) is 11.1 Å². The van der Waals surface area contributed by atoms with E-state index in [0.29, 0.717) is 13.2 Å². The molecule has 0 aromatic rings. The molecule has 0 bridgehead atoms. The number of hydrogen-bond acceptors (Lipinski definition) is 4. The van der Waals surface area contributed by atoms with E-state index in [1.807, 2.05) is 34.6 Å². The maximum Gasteiger partial charge on any atom is 0.155 e. The summed E-state index contributed by atoms with van der Waals surface area (Å²) in [4.78, 5) is 0. The molecule has 1 rings (SSSR count). The lowest BCUT2D eigenvalue weighted by Gasteiger charge is -2.33. The minimum absolute atomic E-state index is 0.0140. The average Bonchev–Trinajstić information content (AvgIpc) is 2.42. The van der Waals surface area contributed by atoms with Gasteiger partial charge in [-0.3, -0.25) is 0 Å². The third-order valence-electron chi connectivity index (χ3n) is 3.58. The minimum Gasteiger partial charge on any atom is -0.353 e. The third kappa shape index (κ3) is 5.80. The molecule has 0 unspecified atom stereocenters. The second-order valence-electron chi connectivity index (χ2n) is 5.17. The zero-order valence-corrected chi connectivity index (χ0v) is 13.8. The molecule has 0 radical (unpaired) electrons. The Kier molecular flexibility index (Phi) is 7.98. The highest BCUT2D eigenvalue weighted by Crippen LogP contribution is 2.30. The van der Waals surface area contributed by atoms with Crippen LogP contribution in [0.25, 0.3) is 0 Å². The number of rotatable bonds is 8.